The molecule has 5 heteroatoms. The van der Waals surface area contributed by atoms with Gasteiger partial charge in [-0.05, 0) is 92.0 Å². The van der Waals surface area contributed by atoms with Crippen LogP contribution in [0.15, 0.2) is 185 Å². The molecule has 260 valence electrons. The average molecular weight is 716 g/mol. The zero-order chi connectivity index (χ0) is 36.7. The first-order valence-corrected chi connectivity index (χ1v) is 18.8. The van der Waals surface area contributed by atoms with Gasteiger partial charge in [0, 0.05) is 38.2 Å². The number of fused-ring (bicyclic) bond motifs is 12. The van der Waals surface area contributed by atoms with Crippen LogP contribution in [-0.2, 0) is 0 Å². The second-order valence-corrected chi connectivity index (χ2v) is 14.3. The standard InChI is InChI=1S/C51H29N3O2/c1-2-11-30(12-3-1)49-52-50(32-23-26-45-43(28-32)40-17-8-9-19-44(40)55-45)54-51(53-49)33-22-25-41-47(29-33)56-46-20-10-18-34(48(41)46)31-21-24-39-37-15-5-4-13-35(37)36-14-6-7-16-38(36)42(39)27-31/h1-29H. The smallest absolute Gasteiger partial charge is 0.164 e. The monoisotopic (exact) mass is 715 g/mol. The normalized spacial score (nSPS) is 11.9. The molecule has 0 radical (unpaired) electrons. The van der Waals surface area contributed by atoms with E-state index < -0.39 is 0 Å². The van der Waals surface area contributed by atoms with E-state index in [0.29, 0.717) is 17.5 Å². The van der Waals surface area contributed by atoms with Gasteiger partial charge in [-0.1, -0.05) is 127 Å². The second-order valence-electron chi connectivity index (χ2n) is 14.3. The lowest BCUT2D eigenvalue weighted by Crippen LogP contribution is -2.00. The highest BCUT2D eigenvalue weighted by atomic mass is 16.3. The van der Waals surface area contributed by atoms with Crippen LogP contribution in [0.4, 0.5) is 0 Å². The van der Waals surface area contributed by atoms with Crippen molar-refractivity contribution in [1.82, 2.24) is 15.0 Å². The fraction of sp³-hybridized carbons (Fsp3) is 0. The summed E-state index contributed by atoms with van der Waals surface area (Å²) >= 11 is 0. The van der Waals surface area contributed by atoms with E-state index in [-0.39, 0.29) is 0 Å². The fourth-order valence-electron chi connectivity index (χ4n) is 8.50. The quantitative estimate of drug-likeness (QED) is 0.170. The summed E-state index contributed by atoms with van der Waals surface area (Å²) in [7, 11) is 0. The van der Waals surface area contributed by atoms with E-state index in [9.17, 15) is 0 Å². The van der Waals surface area contributed by atoms with Gasteiger partial charge in [-0.15, -0.1) is 0 Å². The van der Waals surface area contributed by atoms with Gasteiger partial charge < -0.3 is 8.83 Å². The van der Waals surface area contributed by atoms with Crippen LogP contribution >= 0.6 is 0 Å². The predicted octanol–water partition coefficient (Wildman–Crippen LogP) is 13.8. The summed E-state index contributed by atoms with van der Waals surface area (Å²) in [5.74, 6) is 1.76. The molecule has 5 nitrogen and oxygen atoms in total. The molecule has 0 amide bonds. The molecular formula is C51H29N3O2. The maximum absolute atomic E-state index is 6.62. The van der Waals surface area contributed by atoms with Crippen molar-refractivity contribution in [2.45, 2.75) is 0 Å². The Morgan fingerprint density at radius 3 is 1.52 bits per heavy atom. The molecule has 0 saturated heterocycles. The van der Waals surface area contributed by atoms with E-state index in [1.807, 2.05) is 66.7 Å². The lowest BCUT2D eigenvalue weighted by Gasteiger charge is -2.12. The SMILES string of the molecule is c1ccc(-c2nc(-c3ccc4c(c3)oc3cccc(-c5ccc6c7ccccc7c7ccccc7c6c5)c34)nc(-c3ccc4oc5ccccc5c4c3)n2)cc1. The number of nitrogens with zero attached hydrogens (tertiary/aromatic N) is 3. The molecule has 0 aliphatic carbocycles. The van der Waals surface area contributed by atoms with E-state index in [4.69, 9.17) is 23.8 Å². The highest BCUT2D eigenvalue weighted by Crippen LogP contribution is 2.42. The Bertz CT molecular complexity index is 3510. The van der Waals surface area contributed by atoms with Crippen LogP contribution in [0, 0.1) is 0 Å². The molecule has 0 N–H and O–H groups in total. The second kappa shape index (κ2) is 11.9. The third-order valence-electron chi connectivity index (χ3n) is 11.1. The maximum Gasteiger partial charge on any atom is 0.164 e. The van der Waals surface area contributed by atoms with Gasteiger partial charge in [0.25, 0.3) is 0 Å². The molecule has 0 unspecified atom stereocenters. The molecule has 3 aromatic heterocycles. The van der Waals surface area contributed by atoms with E-state index in [2.05, 4.69) is 109 Å². The summed E-state index contributed by atoms with van der Waals surface area (Å²) in [6.07, 6.45) is 0. The van der Waals surface area contributed by atoms with Crippen molar-refractivity contribution < 1.29 is 8.83 Å². The van der Waals surface area contributed by atoms with E-state index in [1.54, 1.807) is 0 Å². The predicted molar refractivity (Wildman–Crippen MR) is 229 cm³/mol. The first kappa shape index (κ1) is 30.8. The third-order valence-corrected chi connectivity index (χ3v) is 11.1. The van der Waals surface area contributed by atoms with Crippen LogP contribution in [0.3, 0.4) is 0 Å². The lowest BCUT2D eigenvalue weighted by atomic mass is 9.91. The molecule has 3 heterocycles. The first-order valence-electron chi connectivity index (χ1n) is 18.8. The largest absolute Gasteiger partial charge is 0.456 e. The maximum atomic E-state index is 6.62. The molecule has 0 spiro atoms. The molecular weight excluding hydrogens is 687 g/mol. The fourth-order valence-corrected chi connectivity index (χ4v) is 8.50. The summed E-state index contributed by atoms with van der Waals surface area (Å²) in [6, 6.07) is 61.1. The highest BCUT2D eigenvalue weighted by Gasteiger charge is 2.18. The molecule has 9 aromatic carbocycles. The van der Waals surface area contributed by atoms with Crippen molar-refractivity contribution in [2.24, 2.45) is 0 Å². The van der Waals surface area contributed by atoms with Crippen molar-refractivity contribution in [1.29, 1.82) is 0 Å². The number of para-hydroxylation sites is 1. The van der Waals surface area contributed by atoms with E-state index in [1.165, 1.54) is 32.3 Å². The van der Waals surface area contributed by atoms with Gasteiger partial charge >= 0.3 is 0 Å². The third kappa shape index (κ3) is 4.71. The van der Waals surface area contributed by atoms with Gasteiger partial charge in [0.15, 0.2) is 17.5 Å². The minimum absolute atomic E-state index is 0.571. The summed E-state index contributed by atoms with van der Waals surface area (Å²) < 4.78 is 12.7. The lowest BCUT2D eigenvalue weighted by molar-refractivity contribution is 0.668. The van der Waals surface area contributed by atoms with Crippen molar-refractivity contribution in [2.75, 3.05) is 0 Å². The Hall–Kier alpha value is -7.63. The highest BCUT2D eigenvalue weighted by molar-refractivity contribution is 6.26. The zero-order valence-electron chi connectivity index (χ0n) is 29.9. The minimum Gasteiger partial charge on any atom is -0.456 e. The van der Waals surface area contributed by atoms with Gasteiger partial charge in [0.05, 0.1) is 0 Å². The van der Waals surface area contributed by atoms with Crippen LogP contribution in [0.1, 0.15) is 0 Å². The van der Waals surface area contributed by atoms with Crippen LogP contribution in [0.25, 0.3) is 121 Å². The van der Waals surface area contributed by atoms with Gasteiger partial charge in [0.2, 0.25) is 0 Å². The van der Waals surface area contributed by atoms with Gasteiger partial charge in [0.1, 0.15) is 22.3 Å². The summed E-state index contributed by atoms with van der Waals surface area (Å²) in [5, 5.41) is 11.7. The van der Waals surface area contributed by atoms with Crippen molar-refractivity contribution in [3.05, 3.63) is 176 Å². The Morgan fingerprint density at radius 1 is 0.268 bits per heavy atom. The number of rotatable bonds is 4. The van der Waals surface area contributed by atoms with Crippen LogP contribution < -0.4 is 0 Å². The Balaban J connectivity index is 1.02. The zero-order valence-corrected chi connectivity index (χ0v) is 29.9. The van der Waals surface area contributed by atoms with Gasteiger partial charge in [-0.2, -0.15) is 0 Å². The van der Waals surface area contributed by atoms with Crippen molar-refractivity contribution in [3.8, 4) is 45.3 Å². The molecule has 56 heavy (non-hydrogen) atoms. The average Bonchev–Trinajstić information content (AvgIpc) is 3.84. The Labute approximate surface area is 320 Å². The molecule has 12 aromatic rings. The number of furan rings is 2. The number of hydrogen-bond donors (Lipinski definition) is 0. The molecule has 0 saturated carbocycles. The van der Waals surface area contributed by atoms with Crippen LogP contribution in [-0.4, -0.2) is 15.0 Å². The van der Waals surface area contributed by atoms with E-state index >= 15 is 0 Å². The van der Waals surface area contributed by atoms with Gasteiger partial charge in [-0.3, -0.25) is 0 Å². The summed E-state index contributed by atoms with van der Waals surface area (Å²) in [4.78, 5) is 15.1. The number of benzene rings is 9. The molecule has 0 aliphatic heterocycles. The summed E-state index contributed by atoms with van der Waals surface area (Å²) in [6.45, 7) is 0. The van der Waals surface area contributed by atoms with E-state index in [0.717, 1.165) is 71.7 Å². The molecule has 0 fully saturated rings. The first-order chi connectivity index (χ1) is 27.7. The Morgan fingerprint density at radius 2 is 0.768 bits per heavy atom. The number of hydrogen-bond acceptors (Lipinski definition) is 5. The summed E-state index contributed by atoms with van der Waals surface area (Å²) in [5.41, 5.74) is 8.21. The van der Waals surface area contributed by atoms with Crippen LogP contribution in [0.2, 0.25) is 0 Å². The van der Waals surface area contributed by atoms with Gasteiger partial charge in [-0.25, -0.2) is 15.0 Å². The van der Waals surface area contributed by atoms with Crippen molar-refractivity contribution in [3.63, 3.8) is 0 Å². The molecule has 0 atom stereocenters. The number of aromatic nitrogens is 3. The minimum atomic E-state index is 0.571. The topological polar surface area (TPSA) is 65.0 Å². The van der Waals surface area contributed by atoms with Crippen LogP contribution in [0.5, 0.6) is 0 Å². The molecule has 0 aliphatic rings. The Kier molecular flexibility index (Phi) is 6.56. The molecule has 12 rings (SSSR count). The van der Waals surface area contributed by atoms with Crippen molar-refractivity contribution >= 4 is 76.2 Å². The molecule has 0 bridgehead atoms.